The maximum atomic E-state index is 11.6. The number of nitrogens with one attached hydrogen (secondary N) is 1. The molecular formula is C10H15NO2. The molecule has 0 aromatic rings. The van der Waals surface area contributed by atoms with Gasteiger partial charge in [0.05, 0.1) is 18.6 Å². The van der Waals surface area contributed by atoms with E-state index in [1.54, 1.807) is 0 Å². The maximum absolute atomic E-state index is 11.6. The number of hydrogen-bond acceptors (Lipinski definition) is 2. The second-order valence-corrected chi connectivity index (χ2v) is 3.84. The lowest BCUT2D eigenvalue weighted by molar-refractivity contribution is -0.158. The Kier molecular flexibility index (Phi) is 2.94. The van der Waals surface area contributed by atoms with Gasteiger partial charge in [0.1, 0.15) is 0 Å². The molecule has 72 valence electrons. The van der Waals surface area contributed by atoms with Crippen molar-refractivity contribution in [1.82, 2.24) is 5.32 Å². The second kappa shape index (κ2) is 3.80. The number of carbonyl (C=O) groups is 1. The average molecular weight is 181 g/mol. The van der Waals surface area contributed by atoms with Gasteiger partial charge in [-0.15, -0.1) is 12.3 Å². The Labute approximate surface area is 78.8 Å². The van der Waals surface area contributed by atoms with Crippen molar-refractivity contribution in [2.24, 2.45) is 5.41 Å². The van der Waals surface area contributed by atoms with E-state index in [1.807, 2.05) is 13.8 Å². The van der Waals surface area contributed by atoms with E-state index in [4.69, 9.17) is 11.2 Å². The summed E-state index contributed by atoms with van der Waals surface area (Å²) in [6.07, 6.45) is 5.71. The number of hydrogen-bond donors (Lipinski definition) is 1. The third kappa shape index (κ3) is 2.22. The monoisotopic (exact) mass is 181 g/mol. The molecule has 3 heteroatoms. The Morgan fingerprint density at radius 3 is 2.77 bits per heavy atom. The van der Waals surface area contributed by atoms with E-state index >= 15 is 0 Å². The zero-order valence-corrected chi connectivity index (χ0v) is 8.09. The van der Waals surface area contributed by atoms with Crippen molar-refractivity contribution in [1.29, 1.82) is 0 Å². The van der Waals surface area contributed by atoms with Crippen LogP contribution in [0.4, 0.5) is 0 Å². The van der Waals surface area contributed by atoms with Crippen LogP contribution < -0.4 is 5.32 Å². The SMILES string of the molecule is C#CCC(C)NC(=O)C1(C)COC1. The first-order valence-electron chi connectivity index (χ1n) is 4.41. The van der Waals surface area contributed by atoms with E-state index in [9.17, 15) is 4.79 Å². The highest BCUT2D eigenvalue weighted by molar-refractivity contribution is 5.83. The highest BCUT2D eigenvalue weighted by Gasteiger charge is 2.41. The minimum atomic E-state index is -0.330. The van der Waals surface area contributed by atoms with Gasteiger partial charge in [0.25, 0.3) is 0 Å². The molecule has 13 heavy (non-hydrogen) atoms. The van der Waals surface area contributed by atoms with Crippen molar-refractivity contribution in [2.45, 2.75) is 26.3 Å². The molecule has 1 atom stereocenters. The largest absolute Gasteiger partial charge is 0.379 e. The topological polar surface area (TPSA) is 38.3 Å². The molecular weight excluding hydrogens is 166 g/mol. The highest BCUT2D eigenvalue weighted by Crippen LogP contribution is 2.26. The van der Waals surface area contributed by atoms with Crippen molar-refractivity contribution in [3.8, 4) is 12.3 Å². The molecule has 1 fully saturated rings. The standard InChI is InChI=1S/C10H15NO2/c1-4-5-8(2)11-9(12)10(3)6-13-7-10/h1,8H,5-7H2,2-3H3,(H,11,12). The Morgan fingerprint density at radius 1 is 1.77 bits per heavy atom. The molecule has 1 unspecified atom stereocenters. The summed E-state index contributed by atoms with van der Waals surface area (Å²) in [4.78, 5) is 11.6. The molecule has 0 aromatic heterocycles. The predicted octanol–water partition coefficient (Wildman–Crippen LogP) is 0.551. The van der Waals surface area contributed by atoms with Crippen molar-refractivity contribution < 1.29 is 9.53 Å². The Bertz CT molecular complexity index is 238. The van der Waals surface area contributed by atoms with Gasteiger partial charge >= 0.3 is 0 Å². The average Bonchev–Trinajstić information content (AvgIpc) is 2.00. The molecule has 1 saturated heterocycles. The normalized spacial score (nSPS) is 21.0. The van der Waals surface area contributed by atoms with E-state index in [0.29, 0.717) is 19.6 Å². The summed E-state index contributed by atoms with van der Waals surface area (Å²) >= 11 is 0. The Hall–Kier alpha value is -1.01. The summed E-state index contributed by atoms with van der Waals surface area (Å²) in [5, 5.41) is 2.86. The van der Waals surface area contributed by atoms with Crippen molar-refractivity contribution in [3.63, 3.8) is 0 Å². The molecule has 0 radical (unpaired) electrons. The fraction of sp³-hybridized carbons (Fsp3) is 0.700. The molecule has 3 nitrogen and oxygen atoms in total. The summed E-state index contributed by atoms with van der Waals surface area (Å²) in [5.41, 5.74) is -0.330. The van der Waals surface area contributed by atoms with E-state index in [-0.39, 0.29) is 17.4 Å². The minimum absolute atomic E-state index is 0.0431. The van der Waals surface area contributed by atoms with Gasteiger partial charge in [-0.1, -0.05) is 0 Å². The van der Waals surface area contributed by atoms with Crippen LogP contribution in [-0.4, -0.2) is 25.2 Å². The van der Waals surface area contributed by atoms with Crippen LogP contribution in [-0.2, 0) is 9.53 Å². The van der Waals surface area contributed by atoms with Crippen LogP contribution in [0, 0.1) is 17.8 Å². The van der Waals surface area contributed by atoms with Gasteiger partial charge in [0.2, 0.25) is 5.91 Å². The first-order valence-corrected chi connectivity index (χ1v) is 4.41. The highest BCUT2D eigenvalue weighted by atomic mass is 16.5. The smallest absolute Gasteiger partial charge is 0.230 e. The fourth-order valence-corrected chi connectivity index (χ4v) is 1.17. The van der Waals surface area contributed by atoms with Crippen LogP contribution in [0.2, 0.25) is 0 Å². The summed E-state index contributed by atoms with van der Waals surface area (Å²) < 4.78 is 5.00. The maximum Gasteiger partial charge on any atom is 0.230 e. The van der Waals surface area contributed by atoms with Gasteiger partial charge in [0.15, 0.2) is 0 Å². The minimum Gasteiger partial charge on any atom is -0.379 e. The van der Waals surface area contributed by atoms with E-state index in [0.717, 1.165) is 0 Å². The van der Waals surface area contributed by atoms with Gasteiger partial charge in [-0.3, -0.25) is 4.79 Å². The molecule has 0 aromatic carbocycles. The van der Waals surface area contributed by atoms with Crippen LogP contribution >= 0.6 is 0 Å². The zero-order valence-electron chi connectivity index (χ0n) is 8.09. The number of carbonyl (C=O) groups excluding carboxylic acids is 1. The quantitative estimate of drug-likeness (QED) is 0.646. The van der Waals surface area contributed by atoms with Gasteiger partial charge < -0.3 is 10.1 Å². The van der Waals surface area contributed by atoms with Crippen LogP contribution in [0.25, 0.3) is 0 Å². The van der Waals surface area contributed by atoms with Gasteiger partial charge in [0, 0.05) is 12.5 Å². The Balaban J connectivity index is 2.37. The number of amides is 1. The van der Waals surface area contributed by atoms with E-state index < -0.39 is 0 Å². The number of terminal acetylenes is 1. The molecule has 1 aliphatic rings. The van der Waals surface area contributed by atoms with Crippen LogP contribution in [0.1, 0.15) is 20.3 Å². The van der Waals surface area contributed by atoms with Crippen molar-refractivity contribution in [2.75, 3.05) is 13.2 Å². The zero-order chi connectivity index (χ0) is 9.90. The summed E-state index contributed by atoms with van der Waals surface area (Å²) in [6, 6.07) is 0.0509. The predicted molar refractivity (Wildman–Crippen MR) is 50.0 cm³/mol. The lowest BCUT2D eigenvalue weighted by Crippen LogP contribution is -2.53. The molecule has 0 bridgehead atoms. The summed E-state index contributed by atoms with van der Waals surface area (Å²) in [7, 11) is 0. The second-order valence-electron chi connectivity index (χ2n) is 3.84. The molecule has 0 saturated carbocycles. The molecule has 1 N–H and O–H groups in total. The molecule has 1 heterocycles. The van der Waals surface area contributed by atoms with Gasteiger partial charge in [-0.2, -0.15) is 0 Å². The third-order valence-corrected chi connectivity index (χ3v) is 2.19. The van der Waals surface area contributed by atoms with Crippen LogP contribution in [0.15, 0.2) is 0 Å². The first-order chi connectivity index (χ1) is 6.08. The first kappa shape index (κ1) is 10.1. The lowest BCUT2D eigenvalue weighted by Gasteiger charge is -2.37. The lowest BCUT2D eigenvalue weighted by atomic mass is 9.87. The van der Waals surface area contributed by atoms with Gasteiger partial charge in [-0.05, 0) is 13.8 Å². The molecule has 1 amide bonds. The summed E-state index contributed by atoms with van der Waals surface area (Å²) in [5.74, 6) is 2.56. The number of ether oxygens (including phenoxy) is 1. The van der Waals surface area contributed by atoms with Crippen molar-refractivity contribution in [3.05, 3.63) is 0 Å². The molecule has 1 rings (SSSR count). The third-order valence-electron chi connectivity index (χ3n) is 2.19. The Morgan fingerprint density at radius 2 is 2.38 bits per heavy atom. The van der Waals surface area contributed by atoms with E-state index in [2.05, 4.69) is 11.2 Å². The van der Waals surface area contributed by atoms with Gasteiger partial charge in [-0.25, -0.2) is 0 Å². The molecule has 1 aliphatic heterocycles. The van der Waals surface area contributed by atoms with Crippen LogP contribution in [0.3, 0.4) is 0 Å². The van der Waals surface area contributed by atoms with E-state index in [1.165, 1.54) is 0 Å². The molecule has 0 spiro atoms. The molecule has 0 aliphatic carbocycles. The van der Waals surface area contributed by atoms with Crippen molar-refractivity contribution >= 4 is 5.91 Å². The number of rotatable bonds is 3. The summed E-state index contributed by atoms with van der Waals surface area (Å²) in [6.45, 7) is 4.83. The fourth-order valence-electron chi connectivity index (χ4n) is 1.17. The van der Waals surface area contributed by atoms with Crippen LogP contribution in [0.5, 0.6) is 0 Å².